The van der Waals surface area contributed by atoms with Gasteiger partial charge in [0.15, 0.2) is 0 Å². The van der Waals surface area contributed by atoms with E-state index in [1.807, 2.05) is 13.0 Å². The molecule has 82 valence electrons. The smallest absolute Gasteiger partial charge is 0.267 e. The van der Waals surface area contributed by atoms with Crippen molar-refractivity contribution < 1.29 is 0 Å². The molecule has 0 atom stereocenters. The zero-order valence-electron chi connectivity index (χ0n) is 8.92. The molecular weight excluding hydrogens is 204 g/mol. The first-order valence-corrected chi connectivity index (χ1v) is 4.89. The molecule has 2 rings (SSSR count). The van der Waals surface area contributed by atoms with Gasteiger partial charge in [-0.15, -0.1) is 0 Å². The fraction of sp³-hybridized carbons (Fsp3) is 0.182. The van der Waals surface area contributed by atoms with Crippen LogP contribution < -0.4 is 11.3 Å². The van der Waals surface area contributed by atoms with Gasteiger partial charge in [0.25, 0.3) is 5.56 Å². The van der Waals surface area contributed by atoms with Crippen LogP contribution in [0.2, 0.25) is 0 Å². The molecule has 0 aliphatic heterocycles. The molecule has 2 aromatic heterocycles. The highest BCUT2D eigenvalue weighted by atomic mass is 16.1. The molecule has 0 fully saturated rings. The lowest BCUT2D eigenvalue weighted by molar-refractivity contribution is 0.636. The molecule has 5 nitrogen and oxygen atoms in total. The molecule has 2 N–H and O–H groups in total. The van der Waals surface area contributed by atoms with Crippen LogP contribution in [-0.4, -0.2) is 14.8 Å². The summed E-state index contributed by atoms with van der Waals surface area (Å²) >= 11 is 0. The van der Waals surface area contributed by atoms with Crippen LogP contribution in [0, 0.1) is 6.92 Å². The second kappa shape index (κ2) is 4.14. The van der Waals surface area contributed by atoms with Crippen LogP contribution in [0.5, 0.6) is 0 Å². The Morgan fingerprint density at radius 2 is 2.25 bits per heavy atom. The van der Waals surface area contributed by atoms with E-state index in [1.165, 1.54) is 4.68 Å². The minimum atomic E-state index is -0.115. The van der Waals surface area contributed by atoms with Crippen LogP contribution in [0.25, 0.3) is 0 Å². The molecule has 0 aliphatic rings. The molecule has 0 saturated heterocycles. The van der Waals surface area contributed by atoms with Gasteiger partial charge >= 0.3 is 0 Å². The number of rotatable bonds is 2. The topological polar surface area (TPSA) is 73.8 Å². The maximum absolute atomic E-state index is 11.6. The summed E-state index contributed by atoms with van der Waals surface area (Å²) in [5, 5.41) is 4.05. The number of nitrogens with two attached hydrogens (primary N) is 1. The van der Waals surface area contributed by atoms with Gasteiger partial charge in [0.1, 0.15) is 5.82 Å². The van der Waals surface area contributed by atoms with Crippen molar-refractivity contribution in [2.24, 2.45) is 0 Å². The van der Waals surface area contributed by atoms with E-state index in [-0.39, 0.29) is 5.56 Å². The van der Waals surface area contributed by atoms with E-state index < -0.39 is 0 Å². The number of aryl methyl sites for hydroxylation is 1. The predicted molar refractivity (Wildman–Crippen MR) is 61.0 cm³/mol. The van der Waals surface area contributed by atoms with Crippen LogP contribution in [0.3, 0.4) is 0 Å². The lowest BCUT2D eigenvalue weighted by Crippen LogP contribution is -2.22. The zero-order valence-corrected chi connectivity index (χ0v) is 8.92. The number of pyridine rings is 1. The average Bonchev–Trinajstić information content (AvgIpc) is 2.22. The number of aromatic nitrogens is 3. The van der Waals surface area contributed by atoms with Crippen LogP contribution in [0.4, 0.5) is 5.82 Å². The van der Waals surface area contributed by atoms with E-state index in [2.05, 4.69) is 10.1 Å². The summed E-state index contributed by atoms with van der Waals surface area (Å²) in [6.07, 6.45) is 3.27. The van der Waals surface area contributed by atoms with E-state index in [9.17, 15) is 4.79 Å². The molecule has 0 aromatic carbocycles. The summed E-state index contributed by atoms with van der Waals surface area (Å²) < 4.78 is 1.39. The van der Waals surface area contributed by atoms with E-state index in [0.717, 1.165) is 11.1 Å². The highest BCUT2D eigenvalue weighted by Gasteiger charge is 2.00. The Bertz CT molecular complexity index is 562. The monoisotopic (exact) mass is 216 g/mol. The van der Waals surface area contributed by atoms with Crippen molar-refractivity contribution in [3.05, 3.63) is 52.1 Å². The van der Waals surface area contributed by atoms with Gasteiger partial charge in [0.2, 0.25) is 0 Å². The fourth-order valence-corrected chi connectivity index (χ4v) is 1.41. The molecule has 0 radical (unpaired) electrons. The minimum absolute atomic E-state index is 0.115. The third-order valence-corrected chi connectivity index (χ3v) is 2.18. The molecule has 0 spiro atoms. The average molecular weight is 216 g/mol. The van der Waals surface area contributed by atoms with Gasteiger partial charge < -0.3 is 5.73 Å². The summed E-state index contributed by atoms with van der Waals surface area (Å²) in [5.41, 5.74) is 7.21. The number of anilines is 1. The van der Waals surface area contributed by atoms with E-state index in [0.29, 0.717) is 12.4 Å². The predicted octanol–water partition coefficient (Wildman–Crippen LogP) is 0.577. The lowest BCUT2D eigenvalue weighted by Gasteiger charge is -2.04. The summed E-state index contributed by atoms with van der Waals surface area (Å²) in [5.74, 6) is 0.442. The van der Waals surface area contributed by atoms with Crippen molar-refractivity contribution in [3.8, 4) is 0 Å². The van der Waals surface area contributed by atoms with Crippen LogP contribution in [-0.2, 0) is 6.54 Å². The van der Waals surface area contributed by atoms with Crippen LogP contribution >= 0.6 is 0 Å². The highest BCUT2D eigenvalue weighted by Crippen LogP contribution is 2.03. The van der Waals surface area contributed by atoms with Crippen molar-refractivity contribution in [2.45, 2.75) is 13.5 Å². The largest absolute Gasteiger partial charge is 0.384 e. The van der Waals surface area contributed by atoms with Gasteiger partial charge in [0.05, 0.1) is 12.7 Å². The Hall–Kier alpha value is -2.17. The summed E-state index contributed by atoms with van der Waals surface area (Å²) in [7, 11) is 0. The Labute approximate surface area is 92.6 Å². The van der Waals surface area contributed by atoms with Gasteiger partial charge in [-0.1, -0.05) is 0 Å². The third kappa shape index (κ3) is 2.25. The summed E-state index contributed by atoms with van der Waals surface area (Å²) in [6, 6.07) is 5.09. The lowest BCUT2D eigenvalue weighted by atomic mass is 10.2. The normalized spacial score (nSPS) is 10.3. The van der Waals surface area contributed by atoms with Gasteiger partial charge in [-0.2, -0.15) is 5.10 Å². The zero-order chi connectivity index (χ0) is 11.5. The van der Waals surface area contributed by atoms with Gasteiger partial charge in [-0.3, -0.25) is 4.79 Å². The van der Waals surface area contributed by atoms with Crippen LogP contribution in [0.1, 0.15) is 11.1 Å². The molecule has 0 aliphatic carbocycles. The van der Waals surface area contributed by atoms with E-state index in [1.54, 1.807) is 24.5 Å². The summed E-state index contributed by atoms with van der Waals surface area (Å²) in [4.78, 5) is 15.5. The standard InChI is InChI=1S/C11H12N4O/c1-8-4-11(16)15(14-6-8)7-9-2-3-13-10(12)5-9/h2-6H,7H2,1H3,(H2,12,13). The molecule has 0 amide bonds. The number of hydrogen-bond donors (Lipinski definition) is 1. The number of nitrogens with zero attached hydrogens (tertiary/aromatic N) is 3. The molecule has 2 aromatic rings. The van der Waals surface area contributed by atoms with Gasteiger partial charge in [0, 0.05) is 12.3 Å². The molecule has 0 bridgehead atoms. The van der Waals surface area contributed by atoms with Crippen molar-refractivity contribution in [1.29, 1.82) is 0 Å². The quantitative estimate of drug-likeness (QED) is 0.796. The second-order valence-corrected chi connectivity index (χ2v) is 3.62. The highest BCUT2D eigenvalue weighted by molar-refractivity contribution is 5.31. The Morgan fingerprint density at radius 3 is 2.94 bits per heavy atom. The first-order valence-electron chi connectivity index (χ1n) is 4.89. The first-order chi connectivity index (χ1) is 7.65. The molecule has 2 heterocycles. The Kier molecular flexibility index (Phi) is 2.68. The van der Waals surface area contributed by atoms with E-state index >= 15 is 0 Å². The Morgan fingerprint density at radius 1 is 1.44 bits per heavy atom. The number of nitrogen functional groups attached to an aromatic ring is 1. The van der Waals surface area contributed by atoms with Crippen molar-refractivity contribution in [1.82, 2.24) is 14.8 Å². The Balaban J connectivity index is 2.31. The maximum Gasteiger partial charge on any atom is 0.267 e. The number of hydrogen-bond acceptors (Lipinski definition) is 4. The molecular formula is C11H12N4O. The van der Waals surface area contributed by atoms with Crippen molar-refractivity contribution >= 4 is 5.82 Å². The maximum atomic E-state index is 11.6. The second-order valence-electron chi connectivity index (χ2n) is 3.62. The van der Waals surface area contributed by atoms with Crippen molar-refractivity contribution in [2.75, 3.05) is 5.73 Å². The summed E-state index contributed by atoms with van der Waals surface area (Å²) in [6.45, 7) is 2.25. The minimum Gasteiger partial charge on any atom is -0.384 e. The SMILES string of the molecule is Cc1cnn(Cc2ccnc(N)c2)c(=O)c1. The molecule has 0 saturated carbocycles. The third-order valence-electron chi connectivity index (χ3n) is 2.18. The first kappa shape index (κ1) is 10.4. The fourth-order valence-electron chi connectivity index (χ4n) is 1.41. The van der Waals surface area contributed by atoms with Crippen molar-refractivity contribution in [3.63, 3.8) is 0 Å². The van der Waals surface area contributed by atoms with E-state index in [4.69, 9.17) is 5.73 Å². The molecule has 5 heteroatoms. The molecule has 0 unspecified atom stereocenters. The van der Waals surface area contributed by atoms with Gasteiger partial charge in [-0.05, 0) is 30.2 Å². The molecule has 16 heavy (non-hydrogen) atoms. The van der Waals surface area contributed by atoms with Gasteiger partial charge in [-0.25, -0.2) is 9.67 Å². The van der Waals surface area contributed by atoms with Crippen LogP contribution in [0.15, 0.2) is 35.4 Å².